The largest absolute Gasteiger partial charge is 0.207 e. The number of thiophene rings is 1. The van der Waals surface area contributed by atoms with E-state index in [1.165, 1.54) is 21.6 Å². The number of hydrogen-bond acceptors (Lipinski definition) is 1. The first kappa shape index (κ1) is 10.9. The molecular formula is C17H11FS. The van der Waals surface area contributed by atoms with Gasteiger partial charge in [0, 0.05) is 10.4 Å². The van der Waals surface area contributed by atoms with Crippen LogP contribution < -0.4 is 0 Å². The average molecular weight is 266 g/mol. The lowest BCUT2D eigenvalue weighted by Crippen LogP contribution is -1.91. The molecule has 2 aromatic carbocycles. The van der Waals surface area contributed by atoms with Gasteiger partial charge in [-0.05, 0) is 52.3 Å². The smallest absolute Gasteiger partial charge is 0.123 e. The molecule has 0 aliphatic heterocycles. The van der Waals surface area contributed by atoms with Crippen molar-refractivity contribution in [2.75, 3.05) is 0 Å². The molecule has 19 heavy (non-hydrogen) atoms. The Morgan fingerprint density at radius 2 is 1.68 bits per heavy atom. The Labute approximate surface area is 115 Å². The summed E-state index contributed by atoms with van der Waals surface area (Å²) in [6.07, 6.45) is 0.868. The van der Waals surface area contributed by atoms with E-state index >= 15 is 0 Å². The Morgan fingerprint density at radius 1 is 0.842 bits per heavy atom. The van der Waals surface area contributed by atoms with Crippen molar-refractivity contribution in [2.45, 2.75) is 6.42 Å². The van der Waals surface area contributed by atoms with Crippen molar-refractivity contribution < 1.29 is 4.39 Å². The number of rotatable bonds is 0. The minimum atomic E-state index is -0.165. The zero-order chi connectivity index (χ0) is 12.8. The maximum absolute atomic E-state index is 13.6. The Morgan fingerprint density at radius 3 is 2.63 bits per heavy atom. The predicted molar refractivity (Wildman–Crippen MR) is 78.0 cm³/mol. The van der Waals surface area contributed by atoms with Gasteiger partial charge in [-0.2, -0.15) is 0 Å². The third-order valence-corrected chi connectivity index (χ3v) is 4.62. The Hall–Kier alpha value is -1.93. The Kier molecular flexibility index (Phi) is 2.32. The second-order valence-corrected chi connectivity index (χ2v) is 5.71. The molecule has 0 fully saturated rings. The summed E-state index contributed by atoms with van der Waals surface area (Å²) in [4.78, 5) is 1.25. The lowest BCUT2D eigenvalue weighted by Gasteiger charge is -2.06. The SMILES string of the molecule is Fc1ccc2c(c1)-c1ccsc1-c1ccccc1C2. The summed E-state index contributed by atoms with van der Waals surface area (Å²) in [6, 6.07) is 15.7. The van der Waals surface area contributed by atoms with Crippen molar-refractivity contribution >= 4 is 11.3 Å². The highest BCUT2D eigenvalue weighted by Gasteiger charge is 2.20. The van der Waals surface area contributed by atoms with E-state index in [1.807, 2.05) is 6.07 Å². The van der Waals surface area contributed by atoms with E-state index in [1.54, 1.807) is 23.5 Å². The van der Waals surface area contributed by atoms with Gasteiger partial charge in [0.25, 0.3) is 0 Å². The van der Waals surface area contributed by atoms with E-state index in [0.29, 0.717) is 0 Å². The molecule has 1 aliphatic rings. The van der Waals surface area contributed by atoms with E-state index in [4.69, 9.17) is 0 Å². The summed E-state index contributed by atoms with van der Waals surface area (Å²) in [5, 5.41) is 2.08. The van der Waals surface area contributed by atoms with Gasteiger partial charge in [0.05, 0.1) is 0 Å². The maximum atomic E-state index is 13.6. The molecule has 1 heterocycles. The quantitative estimate of drug-likeness (QED) is 0.414. The lowest BCUT2D eigenvalue weighted by molar-refractivity contribution is 0.628. The van der Waals surface area contributed by atoms with E-state index < -0.39 is 0 Å². The molecule has 0 radical (unpaired) electrons. The third kappa shape index (κ3) is 1.64. The fourth-order valence-corrected chi connectivity index (χ4v) is 3.76. The van der Waals surface area contributed by atoms with Crippen LogP contribution in [0.1, 0.15) is 11.1 Å². The molecule has 0 bridgehead atoms. The van der Waals surface area contributed by atoms with Crippen molar-refractivity contribution in [2.24, 2.45) is 0 Å². The third-order valence-electron chi connectivity index (χ3n) is 3.67. The molecule has 0 unspecified atom stereocenters. The summed E-state index contributed by atoms with van der Waals surface area (Å²) in [5.41, 5.74) is 5.99. The molecule has 0 N–H and O–H groups in total. The molecule has 0 atom stereocenters. The number of benzene rings is 2. The molecule has 92 valence electrons. The summed E-state index contributed by atoms with van der Waals surface area (Å²) < 4.78 is 13.6. The van der Waals surface area contributed by atoms with Gasteiger partial charge in [-0.25, -0.2) is 4.39 Å². The summed E-state index contributed by atoms with van der Waals surface area (Å²) in [6.45, 7) is 0. The fraction of sp³-hybridized carbons (Fsp3) is 0.0588. The molecule has 4 rings (SSSR count). The van der Waals surface area contributed by atoms with Crippen LogP contribution in [-0.2, 0) is 6.42 Å². The molecule has 2 heteroatoms. The molecule has 1 aliphatic carbocycles. The van der Waals surface area contributed by atoms with Crippen LogP contribution in [0.2, 0.25) is 0 Å². The lowest BCUT2D eigenvalue weighted by atomic mass is 9.99. The van der Waals surface area contributed by atoms with Crippen molar-refractivity contribution in [1.29, 1.82) is 0 Å². The maximum Gasteiger partial charge on any atom is 0.123 e. The summed E-state index contributed by atoms with van der Waals surface area (Å²) >= 11 is 1.73. The highest BCUT2D eigenvalue weighted by molar-refractivity contribution is 7.14. The van der Waals surface area contributed by atoms with Crippen LogP contribution in [-0.4, -0.2) is 0 Å². The topological polar surface area (TPSA) is 0 Å². The Bertz CT molecular complexity index is 770. The van der Waals surface area contributed by atoms with Crippen LogP contribution in [0.3, 0.4) is 0 Å². The number of halogens is 1. The van der Waals surface area contributed by atoms with E-state index in [-0.39, 0.29) is 5.82 Å². The molecule has 0 nitrogen and oxygen atoms in total. The van der Waals surface area contributed by atoms with Crippen LogP contribution >= 0.6 is 11.3 Å². The predicted octanol–water partition coefficient (Wildman–Crippen LogP) is 5.13. The molecule has 0 spiro atoms. The summed E-state index contributed by atoms with van der Waals surface area (Å²) in [5.74, 6) is -0.165. The first-order chi connectivity index (χ1) is 9.33. The number of hydrogen-bond donors (Lipinski definition) is 0. The highest BCUT2D eigenvalue weighted by Crippen LogP contribution is 2.43. The van der Waals surface area contributed by atoms with Gasteiger partial charge < -0.3 is 0 Å². The van der Waals surface area contributed by atoms with Crippen molar-refractivity contribution in [1.82, 2.24) is 0 Å². The van der Waals surface area contributed by atoms with Crippen LogP contribution in [0.25, 0.3) is 21.6 Å². The zero-order valence-electron chi connectivity index (χ0n) is 10.2. The van der Waals surface area contributed by atoms with E-state index in [0.717, 1.165) is 17.5 Å². The van der Waals surface area contributed by atoms with Gasteiger partial charge >= 0.3 is 0 Å². The minimum Gasteiger partial charge on any atom is -0.207 e. The van der Waals surface area contributed by atoms with Gasteiger partial charge in [-0.3, -0.25) is 0 Å². The van der Waals surface area contributed by atoms with Gasteiger partial charge in [-0.1, -0.05) is 30.3 Å². The average Bonchev–Trinajstić information content (AvgIpc) is 2.86. The van der Waals surface area contributed by atoms with Crippen LogP contribution in [0, 0.1) is 5.82 Å². The van der Waals surface area contributed by atoms with Gasteiger partial charge in [0.2, 0.25) is 0 Å². The van der Waals surface area contributed by atoms with Gasteiger partial charge in [-0.15, -0.1) is 11.3 Å². The van der Waals surface area contributed by atoms with Crippen molar-refractivity contribution in [3.05, 3.63) is 70.9 Å². The van der Waals surface area contributed by atoms with Crippen LogP contribution in [0.5, 0.6) is 0 Å². The number of fused-ring (bicyclic) bond motifs is 5. The van der Waals surface area contributed by atoms with Gasteiger partial charge in [0.1, 0.15) is 5.82 Å². The fourth-order valence-electron chi connectivity index (χ4n) is 2.78. The van der Waals surface area contributed by atoms with E-state index in [9.17, 15) is 4.39 Å². The molecule has 0 saturated heterocycles. The van der Waals surface area contributed by atoms with Crippen LogP contribution in [0.15, 0.2) is 53.9 Å². The molecule has 3 aromatic rings. The Balaban J connectivity index is 2.10. The first-order valence-corrected chi connectivity index (χ1v) is 7.15. The zero-order valence-corrected chi connectivity index (χ0v) is 11.0. The van der Waals surface area contributed by atoms with Crippen molar-refractivity contribution in [3.63, 3.8) is 0 Å². The highest BCUT2D eigenvalue weighted by atomic mass is 32.1. The van der Waals surface area contributed by atoms with Crippen molar-refractivity contribution in [3.8, 4) is 21.6 Å². The minimum absolute atomic E-state index is 0.165. The normalized spacial score (nSPS) is 12.3. The standard InChI is InChI=1S/C17H11FS/c18-13-6-5-12-9-11-3-1-2-4-14(11)17-15(7-8-19-17)16(12)10-13/h1-8,10H,9H2. The van der Waals surface area contributed by atoms with E-state index in [2.05, 4.69) is 35.7 Å². The molecule has 0 amide bonds. The van der Waals surface area contributed by atoms with Gasteiger partial charge in [0.15, 0.2) is 0 Å². The second kappa shape index (κ2) is 4.04. The molecule has 0 saturated carbocycles. The molecular weight excluding hydrogens is 255 g/mol. The van der Waals surface area contributed by atoms with Crippen LogP contribution in [0.4, 0.5) is 4.39 Å². The monoisotopic (exact) mass is 266 g/mol. The molecule has 1 aromatic heterocycles. The second-order valence-electron chi connectivity index (χ2n) is 4.80. The first-order valence-electron chi connectivity index (χ1n) is 6.27. The summed E-state index contributed by atoms with van der Waals surface area (Å²) in [7, 11) is 0.